The predicted molar refractivity (Wildman–Crippen MR) is 144 cm³/mol. The van der Waals surface area contributed by atoms with Crippen molar-refractivity contribution in [2.75, 3.05) is 11.9 Å². The first-order chi connectivity index (χ1) is 18.9. The van der Waals surface area contributed by atoms with Crippen LogP contribution in [-0.2, 0) is 0 Å². The van der Waals surface area contributed by atoms with Crippen LogP contribution >= 0.6 is 0 Å². The van der Waals surface area contributed by atoms with Crippen LogP contribution in [-0.4, -0.2) is 33.3 Å². The molecule has 2 aromatic carbocycles. The van der Waals surface area contributed by atoms with Crippen LogP contribution in [0.4, 0.5) is 14.9 Å². The van der Waals surface area contributed by atoms with Crippen molar-refractivity contribution in [2.24, 2.45) is 29.1 Å². The number of carbonyl (C=O) groups is 1. The molecule has 3 N–H and O–H groups in total. The summed E-state index contributed by atoms with van der Waals surface area (Å²) in [5.41, 5.74) is 3.53. The molecule has 4 fully saturated rings. The van der Waals surface area contributed by atoms with Crippen LogP contribution in [0.5, 0.6) is 0 Å². The zero-order chi connectivity index (χ0) is 26.7. The highest BCUT2D eigenvalue weighted by Crippen LogP contribution is 2.64. The number of hydrogen-bond acceptors (Lipinski definition) is 4. The quantitative estimate of drug-likeness (QED) is 0.397. The number of amides is 2. The van der Waals surface area contributed by atoms with E-state index in [-0.39, 0.29) is 23.3 Å². The molecule has 8 rings (SSSR count). The molecule has 2 heterocycles. The Labute approximate surface area is 227 Å². The number of rotatable bonds is 6. The number of nitrogens with one attached hydrogen (secondary N) is 2. The zero-order valence-electron chi connectivity index (χ0n) is 21.7. The first-order valence-corrected chi connectivity index (χ1v) is 14.0. The van der Waals surface area contributed by atoms with Crippen LogP contribution in [0.1, 0.15) is 55.7 Å². The maximum atomic E-state index is 15.0. The second kappa shape index (κ2) is 9.20. The molecule has 0 saturated heterocycles. The van der Waals surface area contributed by atoms with Gasteiger partial charge in [-0.25, -0.2) is 14.2 Å². The summed E-state index contributed by atoms with van der Waals surface area (Å²) in [6.07, 6.45) is 8.76. The van der Waals surface area contributed by atoms with Crippen LogP contribution in [0, 0.1) is 46.2 Å². The van der Waals surface area contributed by atoms with Gasteiger partial charge in [0.15, 0.2) is 0 Å². The van der Waals surface area contributed by atoms with E-state index in [1.807, 2.05) is 10.6 Å². The van der Waals surface area contributed by atoms with Gasteiger partial charge in [-0.3, -0.25) is 0 Å². The lowest BCUT2D eigenvalue weighted by Gasteiger charge is -2.61. The smallest absolute Gasteiger partial charge is 0.319 e. The van der Waals surface area contributed by atoms with Gasteiger partial charge in [0, 0.05) is 23.4 Å². The molecule has 4 atom stereocenters. The number of imidazole rings is 1. The molecule has 3 aromatic rings. The summed E-state index contributed by atoms with van der Waals surface area (Å²) in [4.78, 5) is 16.9. The maximum absolute atomic E-state index is 15.0. The van der Waals surface area contributed by atoms with Crippen molar-refractivity contribution in [3.63, 3.8) is 0 Å². The van der Waals surface area contributed by atoms with Crippen LogP contribution in [0.25, 0.3) is 11.3 Å². The number of fused-ring (bicyclic) bond motifs is 3. The van der Waals surface area contributed by atoms with E-state index in [1.165, 1.54) is 6.07 Å². The fourth-order valence-electron chi connectivity index (χ4n) is 8.64. The van der Waals surface area contributed by atoms with Crippen molar-refractivity contribution < 1.29 is 14.3 Å². The topological polar surface area (TPSA) is 103 Å². The molecule has 7 nitrogen and oxygen atoms in total. The number of nitriles is 1. The van der Waals surface area contributed by atoms with E-state index in [0.29, 0.717) is 53.5 Å². The molecular formula is C31H32FN5O2. The Bertz CT molecular complexity index is 1440. The second-order valence-electron chi connectivity index (χ2n) is 12.2. The molecule has 8 heteroatoms. The molecule has 4 aliphatic carbocycles. The minimum atomic E-state index is -0.523. The summed E-state index contributed by atoms with van der Waals surface area (Å²) in [5.74, 6) is 1.73. The van der Waals surface area contributed by atoms with Gasteiger partial charge in [-0.15, -0.1) is 0 Å². The van der Waals surface area contributed by atoms with E-state index in [0.717, 1.165) is 43.4 Å². The van der Waals surface area contributed by atoms with Gasteiger partial charge >= 0.3 is 6.03 Å². The SMILES string of the molecule is N#Cc1ccc(NC(=O)NCC2C3CC4CC2CC(C(O)CC2c5c(F)cccc5-c5cncn52)(C4)C3)cc1. The Kier molecular flexibility index (Phi) is 5.74. The van der Waals surface area contributed by atoms with Gasteiger partial charge in [-0.05, 0) is 97.9 Å². The monoisotopic (exact) mass is 525 g/mol. The minimum absolute atomic E-state index is 0.146. The van der Waals surface area contributed by atoms with Gasteiger partial charge in [0.25, 0.3) is 0 Å². The van der Waals surface area contributed by atoms with Crippen LogP contribution in [0.2, 0.25) is 0 Å². The molecule has 1 aliphatic heterocycles. The zero-order valence-corrected chi connectivity index (χ0v) is 21.7. The summed E-state index contributed by atoms with van der Waals surface area (Å²) < 4.78 is 17.0. The standard InChI is InChI=1S/C31H32FN5O2/c32-25-3-1-2-23-27-16-34-17-37(27)26(29(23)25)10-28(38)31-11-19-8-20(12-31)24(21(9-19)13-31)15-35-30(39)36-22-6-4-18(14-33)5-7-22/h1-7,16-17,19-21,24,26,28,38H,8-13,15H2,(H2,35,36,39). The Morgan fingerprint density at radius 2 is 1.95 bits per heavy atom. The molecule has 2 amide bonds. The maximum Gasteiger partial charge on any atom is 0.319 e. The second-order valence-corrected chi connectivity index (χ2v) is 12.2. The van der Waals surface area contributed by atoms with Crippen molar-refractivity contribution in [2.45, 2.75) is 50.7 Å². The van der Waals surface area contributed by atoms with E-state index >= 15 is 4.39 Å². The van der Waals surface area contributed by atoms with E-state index in [2.05, 4.69) is 21.7 Å². The Hall–Kier alpha value is -3.70. The predicted octanol–water partition coefficient (Wildman–Crippen LogP) is 5.48. The molecule has 0 spiro atoms. The number of urea groups is 1. The highest BCUT2D eigenvalue weighted by Gasteiger charge is 2.58. The van der Waals surface area contributed by atoms with Gasteiger partial charge in [0.05, 0.1) is 42.0 Å². The molecule has 4 unspecified atom stereocenters. The number of aromatic nitrogens is 2. The van der Waals surface area contributed by atoms with Gasteiger partial charge in [0.1, 0.15) is 5.82 Å². The number of nitrogens with zero attached hydrogens (tertiary/aromatic N) is 3. The number of hydrogen-bond donors (Lipinski definition) is 3. The van der Waals surface area contributed by atoms with Crippen LogP contribution in [0.15, 0.2) is 55.0 Å². The third-order valence-electron chi connectivity index (χ3n) is 10.1. The third-order valence-corrected chi connectivity index (χ3v) is 10.1. The summed E-state index contributed by atoms with van der Waals surface area (Å²) in [6, 6.07) is 13.6. The van der Waals surface area contributed by atoms with Crippen molar-refractivity contribution in [1.82, 2.24) is 14.9 Å². The highest BCUT2D eigenvalue weighted by molar-refractivity contribution is 5.89. The lowest BCUT2D eigenvalue weighted by atomic mass is 9.44. The molecule has 4 bridgehead atoms. The van der Waals surface area contributed by atoms with E-state index in [4.69, 9.17) is 5.26 Å². The highest BCUT2D eigenvalue weighted by atomic mass is 19.1. The molecule has 0 radical (unpaired) electrons. The van der Waals surface area contributed by atoms with E-state index in [1.54, 1.807) is 42.9 Å². The number of anilines is 1. The molecule has 39 heavy (non-hydrogen) atoms. The summed E-state index contributed by atoms with van der Waals surface area (Å²) in [5, 5.41) is 26.7. The molecular weight excluding hydrogens is 493 g/mol. The summed E-state index contributed by atoms with van der Waals surface area (Å²) in [7, 11) is 0. The third kappa shape index (κ3) is 4.02. The van der Waals surface area contributed by atoms with Gasteiger partial charge < -0.3 is 20.3 Å². The van der Waals surface area contributed by atoms with Crippen LogP contribution in [0.3, 0.4) is 0 Å². The molecule has 200 valence electrons. The minimum Gasteiger partial charge on any atom is -0.392 e. The number of carbonyl (C=O) groups excluding carboxylic acids is 1. The van der Waals surface area contributed by atoms with Crippen molar-refractivity contribution in [1.29, 1.82) is 5.26 Å². The fourth-order valence-corrected chi connectivity index (χ4v) is 8.64. The number of aliphatic hydroxyl groups is 1. The Morgan fingerprint density at radius 1 is 1.18 bits per heavy atom. The van der Waals surface area contributed by atoms with Crippen molar-refractivity contribution in [3.05, 3.63) is 71.9 Å². The first-order valence-electron chi connectivity index (χ1n) is 14.0. The normalized spacial score (nSPS) is 30.3. The lowest BCUT2D eigenvalue weighted by Crippen LogP contribution is -2.57. The number of benzene rings is 2. The average molecular weight is 526 g/mol. The molecule has 5 aliphatic rings. The van der Waals surface area contributed by atoms with Gasteiger partial charge in [0.2, 0.25) is 0 Å². The Morgan fingerprint density at radius 3 is 2.69 bits per heavy atom. The Balaban J connectivity index is 1.03. The molecule has 1 aromatic heterocycles. The number of aliphatic hydroxyl groups excluding tert-OH is 1. The average Bonchev–Trinajstić information content (AvgIpc) is 3.51. The van der Waals surface area contributed by atoms with Crippen molar-refractivity contribution in [3.8, 4) is 17.3 Å². The largest absolute Gasteiger partial charge is 0.392 e. The van der Waals surface area contributed by atoms with E-state index < -0.39 is 6.10 Å². The fraction of sp³-hybridized carbons (Fsp3) is 0.452. The summed E-state index contributed by atoms with van der Waals surface area (Å²) >= 11 is 0. The van der Waals surface area contributed by atoms with Crippen LogP contribution < -0.4 is 10.6 Å². The van der Waals surface area contributed by atoms with E-state index in [9.17, 15) is 9.90 Å². The van der Waals surface area contributed by atoms with Gasteiger partial charge in [-0.2, -0.15) is 5.26 Å². The lowest BCUT2D eigenvalue weighted by molar-refractivity contribution is -0.149. The molecule has 4 saturated carbocycles. The van der Waals surface area contributed by atoms with Gasteiger partial charge in [-0.1, -0.05) is 12.1 Å². The number of halogens is 1. The first kappa shape index (κ1) is 24.3. The van der Waals surface area contributed by atoms with Crippen molar-refractivity contribution >= 4 is 11.7 Å². The summed E-state index contributed by atoms with van der Waals surface area (Å²) in [6.45, 7) is 0.621.